The number of imide groups is 1. The van der Waals surface area contributed by atoms with Gasteiger partial charge in [0.2, 0.25) is 5.91 Å². The fraction of sp³-hybridized carbons (Fsp3) is 0.517. The summed E-state index contributed by atoms with van der Waals surface area (Å²) in [7, 11) is 0. The number of halogens is 1. The van der Waals surface area contributed by atoms with Gasteiger partial charge in [0.15, 0.2) is 0 Å². The molecule has 2 saturated carbocycles. The van der Waals surface area contributed by atoms with Crippen LogP contribution in [-0.2, 0) is 22.5 Å². The first kappa shape index (κ1) is 22.6. The number of anilines is 1. The van der Waals surface area contributed by atoms with Crippen LogP contribution in [0.5, 0.6) is 0 Å². The largest absolute Gasteiger partial charge is 0.447 e. The molecule has 3 fully saturated rings. The van der Waals surface area contributed by atoms with Crippen LogP contribution >= 0.6 is 0 Å². The van der Waals surface area contributed by atoms with Gasteiger partial charge in [0.05, 0.1) is 11.7 Å². The molecule has 0 aromatic heterocycles. The number of fused-ring (bicyclic) bond motifs is 1. The van der Waals surface area contributed by atoms with E-state index < -0.39 is 6.09 Å². The average Bonchev–Trinajstić information content (AvgIpc) is 3.52. The van der Waals surface area contributed by atoms with Gasteiger partial charge in [-0.15, -0.1) is 0 Å². The molecular weight excluding hydrogens is 443 g/mol. The highest BCUT2D eigenvalue weighted by Gasteiger charge is 2.51. The SMILES string of the molecule is CC(C)[C@H]1COC(=O)N1C(=O)C1CC1c1ccc2c(c1)CCN(c1cc(C3CCC3)ccc1F)C2. The van der Waals surface area contributed by atoms with Crippen molar-refractivity contribution in [2.24, 2.45) is 11.8 Å². The van der Waals surface area contributed by atoms with E-state index in [1.54, 1.807) is 6.07 Å². The van der Waals surface area contributed by atoms with Crippen molar-refractivity contribution in [1.82, 2.24) is 4.90 Å². The lowest BCUT2D eigenvalue weighted by Gasteiger charge is -2.33. The summed E-state index contributed by atoms with van der Waals surface area (Å²) in [6.07, 6.45) is 4.81. The molecule has 0 spiro atoms. The van der Waals surface area contributed by atoms with Crippen molar-refractivity contribution >= 4 is 17.7 Å². The molecule has 2 unspecified atom stereocenters. The third-order valence-electron chi connectivity index (χ3n) is 8.58. The average molecular weight is 477 g/mol. The molecule has 0 radical (unpaired) electrons. The highest BCUT2D eigenvalue weighted by Crippen LogP contribution is 2.50. The van der Waals surface area contributed by atoms with Crippen LogP contribution in [-0.4, -0.2) is 36.1 Å². The maximum absolute atomic E-state index is 14.7. The highest BCUT2D eigenvalue weighted by atomic mass is 19.1. The van der Waals surface area contributed by atoms with Crippen molar-refractivity contribution in [3.05, 3.63) is 64.5 Å². The second-order valence-electron chi connectivity index (χ2n) is 11.1. The first-order valence-corrected chi connectivity index (χ1v) is 13.1. The number of benzene rings is 2. The van der Waals surface area contributed by atoms with Crippen molar-refractivity contribution in [3.63, 3.8) is 0 Å². The number of hydrogen-bond donors (Lipinski definition) is 0. The Balaban J connectivity index is 1.15. The molecule has 6 rings (SSSR count). The predicted octanol–water partition coefficient (Wildman–Crippen LogP) is 5.76. The van der Waals surface area contributed by atoms with E-state index in [4.69, 9.17) is 4.74 Å². The molecular formula is C29H33FN2O3. The summed E-state index contributed by atoms with van der Waals surface area (Å²) in [5.74, 6) is 0.525. The first-order valence-electron chi connectivity index (χ1n) is 13.1. The van der Waals surface area contributed by atoms with Gasteiger partial charge in [-0.25, -0.2) is 14.1 Å². The molecule has 0 N–H and O–H groups in total. The minimum absolute atomic E-state index is 0.0954. The third-order valence-corrected chi connectivity index (χ3v) is 8.58. The Morgan fingerprint density at radius 1 is 1.09 bits per heavy atom. The Bertz CT molecular complexity index is 1170. The number of carbonyl (C=O) groups is 2. The lowest BCUT2D eigenvalue weighted by Crippen LogP contribution is -2.42. The predicted molar refractivity (Wildman–Crippen MR) is 132 cm³/mol. The Morgan fingerprint density at radius 3 is 2.63 bits per heavy atom. The fourth-order valence-corrected chi connectivity index (χ4v) is 5.97. The molecule has 3 atom stereocenters. The standard InChI is InChI=1S/C29H33FN2O3/c1-17(2)27-16-35-29(34)32(27)28(33)24-14-23(24)21-6-7-22-15-31(11-10-20(22)12-21)26-13-19(8-9-25(26)30)18-4-3-5-18/h6-9,12-13,17-18,23-24,27H,3-5,10-11,14-16H2,1-2H3/t23?,24?,27-/m1/s1. The summed E-state index contributed by atoms with van der Waals surface area (Å²) >= 11 is 0. The van der Waals surface area contributed by atoms with Gasteiger partial charge in [-0.2, -0.15) is 0 Å². The van der Waals surface area contributed by atoms with Crippen molar-refractivity contribution in [2.75, 3.05) is 18.1 Å². The van der Waals surface area contributed by atoms with E-state index >= 15 is 0 Å². The molecule has 184 valence electrons. The molecule has 2 amide bonds. The summed E-state index contributed by atoms with van der Waals surface area (Å²) in [4.78, 5) is 28.8. The van der Waals surface area contributed by atoms with E-state index in [1.807, 2.05) is 19.9 Å². The van der Waals surface area contributed by atoms with Crippen LogP contribution in [0.2, 0.25) is 0 Å². The second kappa shape index (κ2) is 8.65. The molecule has 2 aromatic rings. The Labute approximate surface area is 206 Å². The van der Waals surface area contributed by atoms with E-state index in [9.17, 15) is 14.0 Å². The van der Waals surface area contributed by atoms with Crippen molar-refractivity contribution in [3.8, 4) is 0 Å². The zero-order valence-corrected chi connectivity index (χ0v) is 20.5. The summed E-state index contributed by atoms with van der Waals surface area (Å²) < 4.78 is 19.9. The number of rotatable bonds is 5. The summed E-state index contributed by atoms with van der Waals surface area (Å²) in [5.41, 5.74) is 5.66. The number of amides is 2. The van der Waals surface area contributed by atoms with Crippen molar-refractivity contribution in [1.29, 1.82) is 0 Å². The molecule has 2 aromatic carbocycles. The zero-order valence-electron chi connectivity index (χ0n) is 20.5. The quantitative estimate of drug-likeness (QED) is 0.550. The van der Waals surface area contributed by atoms with E-state index in [0.29, 0.717) is 24.8 Å². The topological polar surface area (TPSA) is 49.9 Å². The molecule has 6 heteroatoms. The van der Waals surface area contributed by atoms with Crippen molar-refractivity contribution < 1.29 is 18.7 Å². The molecule has 35 heavy (non-hydrogen) atoms. The van der Waals surface area contributed by atoms with Crippen LogP contribution in [0.1, 0.15) is 73.6 Å². The molecule has 2 aliphatic heterocycles. The van der Waals surface area contributed by atoms with Crippen LogP contribution in [0.15, 0.2) is 36.4 Å². The second-order valence-corrected chi connectivity index (χ2v) is 11.1. The number of ether oxygens (including phenoxy) is 1. The Kier molecular flexibility index (Phi) is 5.58. The van der Waals surface area contributed by atoms with Gasteiger partial charge in [0.1, 0.15) is 12.4 Å². The minimum atomic E-state index is -0.501. The Hall–Kier alpha value is -2.89. The normalized spacial score (nSPS) is 25.9. The maximum atomic E-state index is 14.7. The lowest BCUT2D eigenvalue weighted by molar-refractivity contribution is -0.131. The number of cyclic esters (lactones) is 1. The maximum Gasteiger partial charge on any atom is 0.416 e. The summed E-state index contributed by atoms with van der Waals surface area (Å²) in [6, 6.07) is 12.0. The van der Waals surface area contributed by atoms with Crippen LogP contribution in [0.25, 0.3) is 0 Å². The molecule has 2 heterocycles. The van der Waals surface area contributed by atoms with Gasteiger partial charge in [-0.05, 0) is 77.8 Å². The zero-order chi connectivity index (χ0) is 24.3. The van der Waals surface area contributed by atoms with Crippen LogP contribution in [0.3, 0.4) is 0 Å². The van der Waals surface area contributed by atoms with Crippen LogP contribution < -0.4 is 4.90 Å². The monoisotopic (exact) mass is 476 g/mol. The molecule has 4 aliphatic rings. The van der Waals surface area contributed by atoms with E-state index in [2.05, 4.69) is 29.2 Å². The van der Waals surface area contributed by atoms with E-state index in [1.165, 1.54) is 46.4 Å². The van der Waals surface area contributed by atoms with Crippen LogP contribution in [0, 0.1) is 17.7 Å². The van der Waals surface area contributed by atoms with Crippen molar-refractivity contribution in [2.45, 2.75) is 70.4 Å². The number of nitrogens with zero attached hydrogens (tertiary/aromatic N) is 2. The summed E-state index contributed by atoms with van der Waals surface area (Å²) in [6.45, 7) is 5.80. The van der Waals surface area contributed by atoms with Gasteiger partial charge in [0.25, 0.3) is 0 Å². The van der Waals surface area contributed by atoms with E-state index in [0.717, 1.165) is 19.4 Å². The van der Waals surface area contributed by atoms with Gasteiger partial charge >= 0.3 is 6.09 Å². The number of hydrogen-bond acceptors (Lipinski definition) is 4. The summed E-state index contributed by atoms with van der Waals surface area (Å²) in [5, 5.41) is 0. The molecule has 2 aliphatic carbocycles. The fourth-order valence-electron chi connectivity index (χ4n) is 5.97. The van der Waals surface area contributed by atoms with Gasteiger partial charge < -0.3 is 9.64 Å². The van der Waals surface area contributed by atoms with Gasteiger partial charge in [-0.3, -0.25) is 4.79 Å². The van der Waals surface area contributed by atoms with E-state index in [-0.39, 0.29) is 35.5 Å². The highest BCUT2D eigenvalue weighted by molar-refractivity contribution is 5.96. The smallest absolute Gasteiger partial charge is 0.416 e. The first-order chi connectivity index (χ1) is 16.9. The van der Waals surface area contributed by atoms with Gasteiger partial charge in [0, 0.05) is 19.0 Å². The Morgan fingerprint density at radius 2 is 1.89 bits per heavy atom. The molecule has 5 nitrogen and oxygen atoms in total. The minimum Gasteiger partial charge on any atom is -0.447 e. The molecule has 0 bridgehead atoms. The lowest BCUT2D eigenvalue weighted by atomic mass is 9.80. The van der Waals surface area contributed by atoms with Crippen LogP contribution in [0.4, 0.5) is 14.9 Å². The third kappa shape index (κ3) is 4.01. The van der Waals surface area contributed by atoms with Gasteiger partial charge in [-0.1, -0.05) is 44.5 Å². The number of carbonyl (C=O) groups excluding carboxylic acids is 2. The molecule has 1 saturated heterocycles.